The first-order valence-electron chi connectivity index (χ1n) is 6.62. The minimum Gasteiger partial charge on any atom is -0.478 e. The molecular formula is C17H14BrNO2. The van der Waals surface area contributed by atoms with Crippen molar-refractivity contribution in [3.63, 3.8) is 0 Å². The van der Waals surface area contributed by atoms with E-state index < -0.39 is 5.97 Å². The highest BCUT2D eigenvalue weighted by molar-refractivity contribution is 9.10. The van der Waals surface area contributed by atoms with Gasteiger partial charge in [0.2, 0.25) is 0 Å². The second kappa shape index (κ2) is 5.37. The topological polar surface area (TPSA) is 42.2 Å². The predicted molar refractivity (Wildman–Crippen MR) is 86.9 cm³/mol. The highest BCUT2D eigenvalue weighted by atomic mass is 79.9. The maximum atomic E-state index is 11.0. The minimum atomic E-state index is -0.913. The normalized spacial score (nSPS) is 11.0. The molecule has 0 fully saturated rings. The van der Waals surface area contributed by atoms with E-state index in [1.54, 1.807) is 12.1 Å². The third-order valence-electron chi connectivity index (χ3n) is 3.67. The van der Waals surface area contributed by atoms with Gasteiger partial charge in [0.1, 0.15) is 0 Å². The molecule has 1 N–H and O–H groups in total. The molecule has 3 nitrogen and oxygen atoms in total. The van der Waals surface area contributed by atoms with Crippen LogP contribution in [0.5, 0.6) is 0 Å². The second-order valence-electron chi connectivity index (χ2n) is 5.06. The van der Waals surface area contributed by atoms with Gasteiger partial charge in [-0.2, -0.15) is 0 Å². The third-order valence-corrected chi connectivity index (χ3v) is 4.41. The summed E-state index contributed by atoms with van der Waals surface area (Å²) < 4.78 is 2.99. The van der Waals surface area contributed by atoms with E-state index in [0.29, 0.717) is 12.1 Å². The van der Waals surface area contributed by atoms with Crippen LogP contribution in [0.3, 0.4) is 0 Å². The Bertz CT molecular complexity index is 836. The molecule has 0 unspecified atom stereocenters. The quantitative estimate of drug-likeness (QED) is 0.762. The van der Waals surface area contributed by atoms with Gasteiger partial charge in [-0.1, -0.05) is 34.1 Å². The number of carbonyl (C=O) groups is 1. The van der Waals surface area contributed by atoms with Crippen molar-refractivity contribution in [3.05, 3.63) is 69.8 Å². The van der Waals surface area contributed by atoms with E-state index >= 15 is 0 Å². The minimum absolute atomic E-state index is 0.291. The van der Waals surface area contributed by atoms with Crippen LogP contribution in [-0.2, 0) is 6.54 Å². The summed E-state index contributed by atoms with van der Waals surface area (Å²) in [5.41, 5.74) is 3.79. The molecule has 0 bridgehead atoms. The molecule has 2 aromatic carbocycles. The van der Waals surface area contributed by atoms with Crippen LogP contribution in [0.25, 0.3) is 10.9 Å². The van der Waals surface area contributed by atoms with Gasteiger partial charge in [-0.3, -0.25) is 0 Å². The summed E-state index contributed by atoms with van der Waals surface area (Å²) >= 11 is 3.46. The number of benzene rings is 2. The SMILES string of the molecule is Cc1cccc2c1ccn2Cc1ccc(C(=O)O)cc1Br. The van der Waals surface area contributed by atoms with Gasteiger partial charge in [0, 0.05) is 28.1 Å². The summed E-state index contributed by atoms with van der Waals surface area (Å²) in [5.74, 6) is -0.913. The molecule has 0 aliphatic rings. The van der Waals surface area contributed by atoms with E-state index in [0.717, 1.165) is 10.0 Å². The summed E-state index contributed by atoms with van der Waals surface area (Å²) in [6, 6.07) is 13.5. The Kier molecular flexibility index (Phi) is 3.55. The Labute approximate surface area is 131 Å². The van der Waals surface area contributed by atoms with Gasteiger partial charge in [0.05, 0.1) is 5.56 Å². The van der Waals surface area contributed by atoms with Crippen LogP contribution in [0.15, 0.2) is 53.1 Å². The van der Waals surface area contributed by atoms with E-state index in [2.05, 4.69) is 57.9 Å². The fraction of sp³-hybridized carbons (Fsp3) is 0.118. The summed E-state index contributed by atoms with van der Waals surface area (Å²) in [5, 5.41) is 10.2. The molecule has 0 radical (unpaired) electrons. The predicted octanol–water partition coefficient (Wildman–Crippen LogP) is 4.46. The smallest absolute Gasteiger partial charge is 0.335 e. The highest BCUT2D eigenvalue weighted by Crippen LogP contribution is 2.24. The van der Waals surface area contributed by atoms with Crippen LogP contribution >= 0.6 is 15.9 Å². The first kappa shape index (κ1) is 13.9. The average Bonchev–Trinajstić information content (AvgIpc) is 2.85. The Morgan fingerprint density at radius 2 is 2.05 bits per heavy atom. The molecule has 0 spiro atoms. The first-order valence-corrected chi connectivity index (χ1v) is 7.42. The molecule has 3 aromatic rings. The van der Waals surface area contributed by atoms with Crippen molar-refractivity contribution >= 4 is 32.8 Å². The molecule has 0 amide bonds. The maximum Gasteiger partial charge on any atom is 0.335 e. The van der Waals surface area contributed by atoms with E-state index in [1.807, 2.05) is 6.07 Å². The summed E-state index contributed by atoms with van der Waals surface area (Å²) in [4.78, 5) is 11.0. The third kappa shape index (κ3) is 2.59. The largest absolute Gasteiger partial charge is 0.478 e. The Morgan fingerprint density at radius 3 is 2.76 bits per heavy atom. The Morgan fingerprint density at radius 1 is 1.24 bits per heavy atom. The highest BCUT2D eigenvalue weighted by Gasteiger charge is 2.09. The molecule has 0 aliphatic carbocycles. The standard InChI is InChI=1S/C17H14BrNO2/c1-11-3-2-4-16-14(11)7-8-19(16)10-13-6-5-12(17(20)21)9-15(13)18/h2-9H,10H2,1H3,(H,20,21). The fourth-order valence-electron chi connectivity index (χ4n) is 2.51. The lowest BCUT2D eigenvalue weighted by atomic mass is 10.1. The van der Waals surface area contributed by atoms with Gasteiger partial charge in [-0.25, -0.2) is 4.79 Å². The van der Waals surface area contributed by atoms with Crippen LogP contribution in [0, 0.1) is 6.92 Å². The number of aryl methyl sites for hydroxylation is 1. The van der Waals surface area contributed by atoms with Crippen molar-refractivity contribution in [1.29, 1.82) is 0 Å². The Balaban J connectivity index is 1.99. The van der Waals surface area contributed by atoms with Crippen molar-refractivity contribution in [2.75, 3.05) is 0 Å². The van der Waals surface area contributed by atoms with E-state index in [-0.39, 0.29) is 0 Å². The number of carboxylic acids is 1. The maximum absolute atomic E-state index is 11.0. The number of nitrogens with zero attached hydrogens (tertiary/aromatic N) is 1. The number of carboxylic acid groups (broad SMARTS) is 1. The number of hydrogen-bond acceptors (Lipinski definition) is 1. The number of hydrogen-bond donors (Lipinski definition) is 1. The molecule has 1 aromatic heterocycles. The Hall–Kier alpha value is -2.07. The number of aromatic nitrogens is 1. The van der Waals surface area contributed by atoms with Crippen LogP contribution in [0.2, 0.25) is 0 Å². The zero-order valence-corrected chi connectivity index (χ0v) is 13.1. The summed E-state index contributed by atoms with van der Waals surface area (Å²) in [7, 11) is 0. The molecule has 3 rings (SSSR count). The first-order chi connectivity index (χ1) is 10.1. The molecule has 4 heteroatoms. The van der Waals surface area contributed by atoms with Gasteiger partial charge in [-0.05, 0) is 42.3 Å². The molecule has 0 saturated carbocycles. The van der Waals surface area contributed by atoms with E-state index in [1.165, 1.54) is 16.5 Å². The number of halogens is 1. The zero-order valence-electron chi connectivity index (χ0n) is 11.5. The van der Waals surface area contributed by atoms with Gasteiger partial charge in [0.15, 0.2) is 0 Å². The number of rotatable bonds is 3. The number of fused-ring (bicyclic) bond motifs is 1. The zero-order chi connectivity index (χ0) is 15.0. The molecule has 21 heavy (non-hydrogen) atoms. The van der Waals surface area contributed by atoms with Crippen molar-refractivity contribution < 1.29 is 9.90 Å². The molecule has 1 heterocycles. The van der Waals surface area contributed by atoms with E-state index in [9.17, 15) is 4.79 Å². The average molecular weight is 344 g/mol. The van der Waals surface area contributed by atoms with Crippen molar-refractivity contribution in [2.24, 2.45) is 0 Å². The second-order valence-corrected chi connectivity index (χ2v) is 5.92. The van der Waals surface area contributed by atoms with Crippen LogP contribution in [-0.4, -0.2) is 15.6 Å². The van der Waals surface area contributed by atoms with Crippen molar-refractivity contribution in [1.82, 2.24) is 4.57 Å². The lowest BCUT2D eigenvalue weighted by Gasteiger charge is -2.09. The van der Waals surface area contributed by atoms with Crippen molar-refractivity contribution in [3.8, 4) is 0 Å². The summed E-state index contributed by atoms with van der Waals surface area (Å²) in [6.07, 6.45) is 2.06. The van der Waals surface area contributed by atoms with Crippen molar-refractivity contribution in [2.45, 2.75) is 13.5 Å². The van der Waals surface area contributed by atoms with Crippen LogP contribution < -0.4 is 0 Å². The lowest BCUT2D eigenvalue weighted by Crippen LogP contribution is -2.01. The van der Waals surface area contributed by atoms with Crippen LogP contribution in [0.1, 0.15) is 21.5 Å². The summed E-state index contributed by atoms with van der Waals surface area (Å²) in [6.45, 7) is 2.80. The van der Waals surface area contributed by atoms with Gasteiger partial charge >= 0.3 is 5.97 Å². The molecular weight excluding hydrogens is 330 g/mol. The lowest BCUT2D eigenvalue weighted by molar-refractivity contribution is 0.0697. The molecule has 0 aliphatic heterocycles. The fourth-order valence-corrected chi connectivity index (χ4v) is 3.01. The van der Waals surface area contributed by atoms with Gasteiger partial charge in [0.25, 0.3) is 0 Å². The van der Waals surface area contributed by atoms with E-state index in [4.69, 9.17) is 5.11 Å². The monoisotopic (exact) mass is 343 g/mol. The molecule has 106 valence electrons. The number of aromatic carboxylic acids is 1. The molecule has 0 saturated heterocycles. The molecule has 0 atom stereocenters. The van der Waals surface area contributed by atoms with Gasteiger partial charge < -0.3 is 9.67 Å². The van der Waals surface area contributed by atoms with Gasteiger partial charge in [-0.15, -0.1) is 0 Å². The van der Waals surface area contributed by atoms with Crippen LogP contribution in [0.4, 0.5) is 0 Å².